The zero-order valence-corrected chi connectivity index (χ0v) is 14.9. The smallest absolute Gasteiger partial charge is 0.267 e. The number of rotatable bonds is 4. The van der Waals surface area contributed by atoms with Gasteiger partial charge < -0.3 is 10.1 Å². The summed E-state index contributed by atoms with van der Waals surface area (Å²) in [6.45, 7) is 0. The number of ether oxygens (including phenoxy) is 1. The van der Waals surface area contributed by atoms with Crippen LogP contribution in [0.1, 0.15) is 9.67 Å². The average molecular weight is 407 g/mol. The lowest BCUT2D eigenvalue weighted by Crippen LogP contribution is -2.11. The number of benzene rings is 2. The van der Waals surface area contributed by atoms with Crippen LogP contribution in [0.4, 0.5) is 10.1 Å². The lowest BCUT2D eigenvalue weighted by molar-refractivity contribution is 0.103. The topological polar surface area (TPSA) is 51.2 Å². The molecule has 0 aliphatic rings. The lowest BCUT2D eigenvalue weighted by Gasteiger charge is -2.09. The summed E-state index contributed by atoms with van der Waals surface area (Å²) in [4.78, 5) is 16.9. The molecule has 1 N–H and O–H groups in total. The minimum Gasteiger partial charge on any atom is -0.495 e. The van der Waals surface area contributed by atoms with E-state index in [1.165, 1.54) is 19.4 Å². The molecule has 0 atom stereocenters. The van der Waals surface area contributed by atoms with Gasteiger partial charge in [-0.2, -0.15) is 0 Å². The molecule has 4 nitrogen and oxygen atoms in total. The number of nitrogens with zero attached hydrogens (tertiary/aromatic N) is 1. The molecule has 24 heavy (non-hydrogen) atoms. The summed E-state index contributed by atoms with van der Waals surface area (Å²) in [7, 11) is 1.53. The first-order valence-electron chi connectivity index (χ1n) is 6.94. The highest BCUT2D eigenvalue weighted by Crippen LogP contribution is 2.30. The third-order valence-corrected chi connectivity index (χ3v) is 4.77. The Morgan fingerprint density at radius 2 is 2.08 bits per heavy atom. The van der Waals surface area contributed by atoms with E-state index in [9.17, 15) is 9.18 Å². The van der Waals surface area contributed by atoms with Crippen molar-refractivity contribution in [2.75, 3.05) is 12.4 Å². The van der Waals surface area contributed by atoms with Crippen molar-refractivity contribution in [1.29, 1.82) is 0 Å². The van der Waals surface area contributed by atoms with E-state index in [4.69, 9.17) is 4.74 Å². The van der Waals surface area contributed by atoms with Crippen molar-refractivity contribution in [1.82, 2.24) is 4.98 Å². The predicted octanol–water partition coefficient (Wildman–Crippen LogP) is 4.97. The number of carbonyl (C=O) groups is 1. The van der Waals surface area contributed by atoms with Crippen molar-refractivity contribution in [3.05, 3.63) is 63.8 Å². The van der Waals surface area contributed by atoms with Crippen LogP contribution in [0.5, 0.6) is 5.75 Å². The Labute approximate surface area is 150 Å². The Bertz CT molecular complexity index is 898. The average Bonchev–Trinajstić information content (AvgIpc) is 3.05. The molecule has 0 spiro atoms. The standard InChI is InChI=1S/C17H12BrFN2O2S/c1-23-14-7-6-10(18)8-13(14)21-16(22)15-9-20-17(24-15)11-4-2-3-5-12(11)19/h2-9H,1H3,(H,21,22). The number of halogens is 2. The Hall–Kier alpha value is -2.25. The minimum absolute atomic E-state index is 0.327. The number of methoxy groups -OCH3 is 1. The third kappa shape index (κ3) is 3.47. The van der Waals surface area contributed by atoms with E-state index in [0.29, 0.717) is 26.9 Å². The highest BCUT2D eigenvalue weighted by molar-refractivity contribution is 9.10. The van der Waals surface area contributed by atoms with Crippen LogP contribution >= 0.6 is 27.3 Å². The molecule has 122 valence electrons. The van der Waals surface area contributed by atoms with Crippen LogP contribution in [0.15, 0.2) is 53.1 Å². The van der Waals surface area contributed by atoms with Crippen molar-refractivity contribution in [2.45, 2.75) is 0 Å². The van der Waals surface area contributed by atoms with Gasteiger partial charge in [-0.25, -0.2) is 9.37 Å². The van der Waals surface area contributed by atoms with Gasteiger partial charge in [0.05, 0.1) is 19.0 Å². The van der Waals surface area contributed by atoms with Gasteiger partial charge in [0.25, 0.3) is 5.91 Å². The van der Waals surface area contributed by atoms with Crippen LogP contribution < -0.4 is 10.1 Å². The highest BCUT2D eigenvalue weighted by atomic mass is 79.9. The molecule has 1 amide bonds. The van der Waals surface area contributed by atoms with Crippen LogP contribution in [0, 0.1) is 5.82 Å². The number of nitrogens with one attached hydrogen (secondary N) is 1. The van der Waals surface area contributed by atoms with Gasteiger partial charge in [-0.15, -0.1) is 11.3 Å². The van der Waals surface area contributed by atoms with E-state index in [1.54, 1.807) is 30.3 Å². The van der Waals surface area contributed by atoms with E-state index in [2.05, 4.69) is 26.2 Å². The van der Waals surface area contributed by atoms with Crippen LogP contribution in [0.2, 0.25) is 0 Å². The maximum absolute atomic E-state index is 13.8. The summed E-state index contributed by atoms with van der Waals surface area (Å²) >= 11 is 4.49. The number of hydrogen-bond acceptors (Lipinski definition) is 4. The molecule has 0 aliphatic heterocycles. The number of aromatic nitrogens is 1. The summed E-state index contributed by atoms with van der Waals surface area (Å²) in [6.07, 6.45) is 1.44. The monoisotopic (exact) mass is 406 g/mol. The fourth-order valence-corrected chi connectivity index (χ4v) is 3.30. The number of amides is 1. The molecule has 2 aromatic carbocycles. The van der Waals surface area contributed by atoms with Gasteiger partial charge in [0.2, 0.25) is 0 Å². The fourth-order valence-electron chi connectivity index (χ4n) is 2.10. The third-order valence-electron chi connectivity index (χ3n) is 3.24. The first kappa shape index (κ1) is 16.6. The van der Waals surface area contributed by atoms with Gasteiger partial charge in [-0.05, 0) is 30.3 Å². The normalized spacial score (nSPS) is 10.5. The first-order valence-corrected chi connectivity index (χ1v) is 8.55. The maximum atomic E-state index is 13.8. The lowest BCUT2D eigenvalue weighted by atomic mass is 10.2. The summed E-state index contributed by atoms with van der Waals surface area (Å²) in [6, 6.07) is 11.6. The molecule has 3 aromatic rings. The van der Waals surface area contributed by atoms with Crippen molar-refractivity contribution in [2.24, 2.45) is 0 Å². The van der Waals surface area contributed by atoms with Crippen LogP contribution in [0.3, 0.4) is 0 Å². The molecule has 7 heteroatoms. The van der Waals surface area contributed by atoms with E-state index in [1.807, 2.05) is 6.07 Å². The number of thiazole rings is 1. The summed E-state index contributed by atoms with van der Waals surface area (Å²) in [5.74, 6) is -0.149. The minimum atomic E-state index is -0.368. The molecule has 0 unspecified atom stereocenters. The van der Waals surface area contributed by atoms with Gasteiger partial charge >= 0.3 is 0 Å². The Morgan fingerprint density at radius 1 is 1.29 bits per heavy atom. The van der Waals surface area contributed by atoms with E-state index in [-0.39, 0.29) is 11.7 Å². The largest absolute Gasteiger partial charge is 0.495 e. The summed E-state index contributed by atoms with van der Waals surface area (Å²) in [5, 5.41) is 3.24. The molecule has 0 saturated heterocycles. The SMILES string of the molecule is COc1ccc(Br)cc1NC(=O)c1cnc(-c2ccccc2F)s1. The maximum Gasteiger partial charge on any atom is 0.267 e. The van der Waals surface area contributed by atoms with Gasteiger partial charge in [0.1, 0.15) is 21.5 Å². The van der Waals surface area contributed by atoms with Gasteiger partial charge in [0, 0.05) is 10.0 Å². The van der Waals surface area contributed by atoms with Gasteiger partial charge in [-0.3, -0.25) is 4.79 Å². The molecule has 3 rings (SSSR count). The fraction of sp³-hybridized carbons (Fsp3) is 0.0588. The van der Waals surface area contributed by atoms with Gasteiger partial charge in [0.15, 0.2) is 0 Å². The number of hydrogen-bond donors (Lipinski definition) is 1. The predicted molar refractivity (Wildman–Crippen MR) is 96.2 cm³/mol. The molecule has 0 fully saturated rings. The van der Waals surface area contributed by atoms with Crippen molar-refractivity contribution in [3.8, 4) is 16.3 Å². The van der Waals surface area contributed by atoms with Gasteiger partial charge in [-0.1, -0.05) is 28.1 Å². The first-order chi connectivity index (χ1) is 11.6. The molecule has 0 saturated carbocycles. The summed E-state index contributed by atoms with van der Waals surface area (Å²) in [5.41, 5.74) is 0.916. The molecule has 0 aliphatic carbocycles. The van der Waals surface area contributed by atoms with Crippen molar-refractivity contribution in [3.63, 3.8) is 0 Å². The molecule has 1 heterocycles. The van der Waals surface area contributed by atoms with Crippen molar-refractivity contribution < 1.29 is 13.9 Å². The Kier molecular flexibility index (Phi) is 4.92. The van der Waals surface area contributed by atoms with Crippen LogP contribution in [-0.4, -0.2) is 18.0 Å². The molecular weight excluding hydrogens is 395 g/mol. The zero-order chi connectivity index (χ0) is 17.1. The molecule has 0 radical (unpaired) electrons. The second-order valence-corrected chi connectivity index (χ2v) is 6.75. The zero-order valence-electron chi connectivity index (χ0n) is 12.5. The summed E-state index contributed by atoms with van der Waals surface area (Å²) < 4.78 is 19.9. The molecule has 0 bridgehead atoms. The van der Waals surface area contributed by atoms with E-state index >= 15 is 0 Å². The van der Waals surface area contributed by atoms with E-state index in [0.717, 1.165) is 15.8 Å². The highest BCUT2D eigenvalue weighted by Gasteiger charge is 2.15. The molecule has 1 aromatic heterocycles. The second kappa shape index (κ2) is 7.11. The Morgan fingerprint density at radius 3 is 2.83 bits per heavy atom. The Balaban J connectivity index is 1.85. The quantitative estimate of drug-likeness (QED) is 0.664. The second-order valence-electron chi connectivity index (χ2n) is 4.81. The number of carbonyl (C=O) groups excluding carboxylic acids is 1. The van der Waals surface area contributed by atoms with Crippen LogP contribution in [-0.2, 0) is 0 Å². The van der Waals surface area contributed by atoms with Crippen LogP contribution in [0.25, 0.3) is 10.6 Å². The van der Waals surface area contributed by atoms with Crippen molar-refractivity contribution >= 4 is 38.9 Å². The number of anilines is 1. The molecular formula is C17H12BrFN2O2S. The van der Waals surface area contributed by atoms with E-state index < -0.39 is 0 Å².